The van der Waals surface area contributed by atoms with Crippen LogP contribution >= 0.6 is 0 Å². The Morgan fingerprint density at radius 1 is 0.390 bits per heavy atom. The van der Waals surface area contributed by atoms with Crippen LogP contribution in [0.4, 0.5) is 73.9 Å². The standard InChI is InChI=1S/C48H48N8O3/c1-29-22-36(50-45-18-12-38(24-31(45)3)52-47-20-14-41(26-33(47)5)55-54-40-8-7-9-42(28-40)56(58)59)10-16-43(29)49-35-11-17-44(30(2)23-35)51-37-13-19-46(32(4)25-37)53-39-15-21-48(57)34(6)27-39/h7-28,49-55,57H,1-6H3. The summed E-state index contributed by atoms with van der Waals surface area (Å²) in [6.07, 6.45) is 0. The fourth-order valence-corrected chi connectivity index (χ4v) is 6.76. The zero-order valence-corrected chi connectivity index (χ0v) is 33.9. The van der Waals surface area contributed by atoms with Gasteiger partial charge >= 0.3 is 0 Å². The Hall–Kier alpha value is -7.66. The number of aromatic hydroxyl groups is 1. The molecule has 0 amide bonds. The molecule has 0 fully saturated rings. The van der Waals surface area contributed by atoms with Crippen LogP contribution in [0.1, 0.15) is 33.4 Å². The number of hydrogen-bond donors (Lipinski definition) is 8. The molecule has 0 spiro atoms. The topological polar surface area (TPSA) is 148 Å². The number of rotatable bonds is 14. The van der Waals surface area contributed by atoms with E-state index in [0.717, 1.165) is 95.9 Å². The first-order valence-electron chi connectivity index (χ1n) is 19.3. The van der Waals surface area contributed by atoms with Crippen molar-refractivity contribution < 1.29 is 10.0 Å². The number of non-ortho nitro benzene ring substituents is 1. The van der Waals surface area contributed by atoms with Crippen molar-refractivity contribution in [2.24, 2.45) is 0 Å². The summed E-state index contributed by atoms with van der Waals surface area (Å²) in [4.78, 5) is 10.7. The van der Waals surface area contributed by atoms with Crippen LogP contribution < -0.4 is 37.4 Å². The molecule has 0 saturated heterocycles. The van der Waals surface area contributed by atoms with Crippen LogP contribution in [-0.4, -0.2) is 10.0 Å². The van der Waals surface area contributed by atoms with Crippen LogP contribution in [0.5, 0.6) is 5.75 Å². The molecule has 0 aromatic heterocycles. The number of aryl methyl sites for hydroxylation is 6. The lowest BCUT2D eigenvalue weighted by Crippen LogP contribution is -2.09. The quantitative estimate of drug-likeness (QED) is 0.0304. The number of hydrogen-bond acceptors (Lipinski definition) is 10. The van der Waals surface area contributed by atoms with Crippen LogP contribution in [0.25, 0.3) is 0 Å². The van der Waals surface area contributed by atoms with E-state index in [1.54, 1.807) is 18.2 Å². The van der Waals surface area contributed by atoms with Crippen molar-refractivity contribution in [3.8, 4) is 5.75 Å². The first-order chi connectivity index (χ1) is 28.4. The molecule has 0 unspecified atom stereocenters. The van der Waals surface area contributed by atoms with Gasteiger partial charge in [0.1, 0.15) is 5.75 Å². The SMILES string of the molecule is Cc1cc(Nc2ccc(Nc3ccc(Nc4ccc(Nc5ccc(Nc6ccc(NNc7cccc([N+](=O)[O-])c7)cc6C)cc5C)cc4C)cc3C)cc2C)ccc1O. The molecule has 59 heavy (non-hydrogen) atoms. The van der Waals surface area contributed by atoms with Gasteiger partial charge in [0.2, 0.25) is 0 Å². The predicted octanol–water partition coefficient (Wildman–Crippen LogP) is 13.3. The molecule has 298 valence electrons. The average molecular weight is 785 g/mol. The van der Waals surface area contributed by atoms with Gasteiger partial charge in [0.05, 0.1) is 16.3 Å². The second-order valence-corrected chi connectivity index (χ2v) is 14.8. The van der Waals surface area contributed by atoms with Gasteiger partial charge in [0.15, 0.2) is 0 Å². The van der Waals surface area contributed by atoms with Crippen molar-refractivity contribution in [1.29, 1.82) is 0 Å². The van der Waals surface area contributed by atoms with E-state index in [0.29, 0.717) is 5.69 Å². The van der Waals surface area contributed by atoms with E-state index in [-0.39, 0.29) is 11.4 Å². The molecular weight excluding hydrogens is 737 g/mol. The summed E-state index contributed by atoms with van der Waals surface area (Å²) in [6, 6.07) is 43.0. The third-order valence-electron chi connectivity index (χ3n) is 10.1. The third kappa shape index (κ3) is 9.84. The summed E-state index contributed by atoms with van der Waals surface area (Å²) in [7, 11) is 0. The van der Waals surface area contributed by atoms with Gasteiger partial charge in [-0.25, -0.2) is 0 Å². The Morgan fingerprint density at radius 2 is 0.695 bits per heavy atom. The van der Waals surface area contributed by atoms with Crippen molar-refractivity contribution in [1.82, 2.24) is 0 Å². The molecule has 7 rings (SSSR count). The number of nitro groups is 1. The Morgan fingerprint density at radius 3 is 1.03 bits per heavy atom. The minimum absolute atomic E-state index is 0.0272. The molecule has 0 saturated carbocycles. The van der Waals surface area contributed by atoms with Gasteiger partial charge < -0.3 is 42.5 Å². The van der Waals surface area contributed by atoms with Gasteiger partial charge in [-0.3, -0.25) is 10.1 Å². The minimum atomic E-state index is -0.415. The van der Waals surface area contributed by atoms with Crippen molar-refractivity contribution in [2.75, 3.05) is 37.4 Å². The van der Waals surface area contributed by atoms with Crippen molar-refractivity contribution in [3.05, 3.63) is 177 Å². The van der Waals surface area contributed by atoms with Gasteiger partial charge in [-0.15, -0.1) is 0 Å². The highest BCUT2D eigenvalue weighted by Gasteiger charge is 2.10. The maximum absolute atomic E-state index is 11.1. The lowest BCUT2D eigenvalue weighted by Gasteiger charge is -2.17. The normalized spacial score (nSPS) is 10.7. The molecule has 0 aliphatic rings. The Labute approximate surface area is 344 Å². The van der Waals surface area contributed by atoms with E-state index in [4.69, 9.17) is 0 Å². The summed E-state index contributed by atoms with van der Waals surface area (Å²) >= 11 is 0. The van der Waals surface area contributed by atoms with Crippen LogP contribution in [0.3, 0.4) is 0 Å². The number of anilines is 12. The summed E-state index contributed by atoms with van der Waals surface area (Å²) in [5, 5.41) is 38.7. The number of nitro benzene ring substituents is 1. The molecule has 0 aliphatic heterocycles. The zero-order chi connectivity index (χ0) is 41.6. The third-order valence-corrected chi connectivity index (χ3v) is 10.1. The highest BCUT2D eigenvalue weighted by molar-refractivity contribution is 5.76. The van der Waals surface area contributed by atoms with Gasteiger partial charge in [-0.1, -0.05) is 6.07 Å². The number of benzene rings is 7. The highest BCUT2D eigenvalue weighted by Crippen LogP contribution is 2.33. The van der Waals surface area contributed by atoms with Gasteiger partial charge in [0, 0.05) is 69.0 Å². The Balaban J connectivity index is 0.931. The predicted molar refractivity (Wildman–Crippen MR) is 245 cm³/mol. The fourth-order valence-electron chi connectivity index (χ4n) is 6.76. The molecule has 0 aliphatic carbocycles. The molecule has 7 aromatic carbocycles. The number of nitrogens with zero attached hydrogens (tertiary/aromatic N) is 1. The van der Waals surface area contributed by atoms with Gasteiger partial charge in [-0.2, -0.15) is 0 Å². The van der Waals surface area contributed by atoms with Crippen molar-refractivity contribution in [2.45, 2.75) is 41.5 Å². The molecule has 0 atom stereocenters. The number of hydrazine groups is 1. The second-order valence-electron chi connectivity index (χ2n) is 14.8. The fraction of sp³-hybridized carbons (Fsp3) is 0.125. The van der Waals surface area contributed by atoms with Crippen LogP contribution in [0.2, 0.25) is 0 Å². The van der Waals surface area contributed by atoms with E-state index in [1.807, 2.05) is 44.2 Å². The maximum atomic E-state index is 11.1. The van der Waals surface area contributed by atoms with Crippen molar-refractivity contribution in [3.63, 3.8) is 0 Å². The number of phenols is 1. The van der Waals surface area contributed by atoms with Crippen LogP contribution in [0.15, 0.2) is 133 Å². The highest BCUT2D eigenvalue weighted by atomic mass is 16.6. The van der Waals surface area contributed by atoms with Crippen molar-refractivity contribution >= 4 is 73.9 Å². The lowest BCUT2D eigenvalue weighted by molar-refractivity contribution is -0.384. The van der Waals surface area contributed by atoms with Crippen LogP contribution in [0, 0.1) is 51.7 Å². The lowest BCUT2D eigenvalue weighted by atomic mass is 10.1. The zero-order valence-electron chi connectivity index (χ0n) is 33.9. The monoisotopic (exact) mass is 784 g/mol. The molecule has 0 radical (unpaired) electrons. The van der Waals surface area contributed by atoms with Gasteiger partial charge in [-0.05, 0) is 190 Å². The van der Waals surface area contributed by atoms with E-state index >= 15 is 0 Å². The molecule has 11 nitrogen and oxygen atoms in total. The first-order valence-corrected chi connectivity index (χ1v) is 19.3. The molecule has 11 heteroatoms. The summed E-state index contributed by atoms with van der Waals surface area (Å²) in [6.45, 7) is 12.3. The molecule has 0 bridgehead atoms. The molecular formula is C48H48N8O3. The summed E-state index contributed by atoms with van der Waals surface area (Å²) in [5.74, 6) is 0.289. The Bertz CT molecular complexity index is 2680. The second kappa shape index (κ2) is 17.2. The largest absolute Gasteiger partial charge is 0.508 e. The first kappa shape index (κ1) is 39.6. The number of nitrogens with one attached hydrogen (secondary N) is 7. The van der Waals surface area contributed by atoms with E-state index in [9.17, 15) is 15.2 Å². The molecule has 7 aromatic rings. The molecule has 8 N–H and O–H groups in total. The van der Waals surface area contributed by atoms with E-state index in [1.165, 1.54) is 12.1 Å². The van der Waals surface area contributed by atoms with E-state index in [2.05, 4.69) is 138 Å². The van der Waals surface area contributed by atoms with E-state index < -0.39 is 4.92 Å². The summed E-state index contributed by atoms with van der Waals surface area (Å²) < 4.78 is 0. The summed E-state index contributed by atoms with van der Waals surface area (Å²) in [5.41, 5.74) is 23.9. The maximum Gasteiger partial charge on any atom is 0.271 e. The smallest absolute Gasteiger partial charge is 0.271 e. The average Bonchev–Trinajstić information content (AvgIpc) is 3.20. The minimum Gasteiger partial charge on any atom is -0.508 e. The Kier molecular flexibility index (Phi) is 11.6. The van der Waals surface area contributed by atoms with Gasteiger partial charge in [0.25, 0.3) is 5.69 Å². The number of phenolic OH excluding ortho intramolecular Hbond substituents is 1. The molecule has 0 heterocycles. The van der Waals surface area contributed by atoms with Crippen LogP contribution in [-0.2, 0) is 0 Å².